The summed E-state index contributed by atoms with van der Waals surface area (Å²) in [6.45, 7) is 3.38. The number of rotatable bonds is 5. The maximum absolute atomic E-state index is 13.2. The van der Waals surface area contributed by atoms with Gasteiger partial charge >= 0.3 is 0 Å². The average Bonchev–Trinajstić information content (AvgIpc) is 3.61. The number of piperidine rings is 2. The molecule has 0 aromatic heterocycles. The molecule has 1 N–H and O–H groups in total. The van der Waals surface area contributed by atoms with Crippen molar-refractivity contribution in [1.82, 2.24) is 15.1 Å². The van der Waals surface area contributed by atoms with Crippen molar-refractivity contribution in [3.8, 4) is 0 Å². The van der Waals surface area contributed by atoms with Crippen LogP contribution in [0.3, 0.4) is 0 Å². The Balaban J connectivity index is 1.27. The number of likely N-dealkylation sites (tertiary alicyclic amines) is 2. The number of nitrogens with one attached hydrogen (secondary N) is 1. The molecule has 2 heterocycles. The van der Waals surface area contributed by atoms with Crippen LogP contribution in [0.25, 0.3) is 0 Å². The van der Waals surface area contributed by atoms with Gasteiger partial charge in [-0.05, 0) is 69.0 Å². The molecule has 4 fully saturated rings. The van der Waals surface area contributed by atoms with Crippen molar-refractivity contribution in [2.75, 3.05) is 26.2 Å². The van der Waals surface area contributed by atoms with Gasteiger partial charge in [0.2, 0.25) is 11.8 Å². The van der Waals surface area contributed by atoms with Crippen molar-refractivity contribution in [1.29, 1.82) is 0 Å². The van der Waals surface area contributed by atoms with Crippen LogP contribution in [0.1, 0.15) is 56.4 Å². The summed E-state index contributed by atoms with van der Waals surface area (Å²) >= 11 is 0. The SMILES string of the molecule is O=C(CN1CCC2(CC1)C[C@@H](c1ccccc1)C(=O)N(C1CC1)C2)NC1CC1. The molecule has 1 spiro atoms. The highest BCUT2D eigenvalue weighted by Gasteiger charge is 2.49. The van der Waals surface area contributed by atoms with Gasteiger partial charge in [-0.1, -0.05) is 30.3 Å². The molecule has 2 saturated heterocycles. The number of nitrogens with zero attached hydrogens (tertiary/aromatic N) is 2. The van der Waals surface area contributed by atoms with Gasteiger partial charge in [-0.25, -0.2) is 0 Å². The first-order valence-corrected chi connectivity index (χ1v) is 11.0. The van der Waals surface area contributed by atoms with Crippen molar-refractivity contribution in [3.05, 3.63) is 35.9 Å². The van der Waals surface area contributed by atoms with E-state index in [0.29, 0.717) is 24.5 Å². The first-order valence-electron chi connectivity index (χ1n) is 11.0. The summed E-state index contributed by atoms with van der Waals surface area (Å²) in [5.74, 6) is 0.518. The smallest absolute Gasteiger partial charge is 0.234 e. The lowest BCUT2D eigenvalue weighted by Crippen LogP contribution is -2.55. The lowest BCUT2D eigenvalue weighted by molar-refractivity contribution is -0.142. The Labute approximate surface area is 167 Å². The monoisotopic (exact) mass is 381 g/mol. The maximum atomic E-state index is 13.2. The van der Waals surface area contributed by atoms with Gasteiger partial charge in [0.15, 0.2) is 0 Å². The molecule has 2 amide bonds. The van der Waals surface area contributed by atoms with Crippen LogP contribution in [0.15, 0.2) is 30.3 Å². The molecule has 0 bridgehead atoms. The highest BCUT2D eigenvalue weighted by Crippen LogP contribution is 2.48. The molecule has 5 rings (SSSR count). The third kappa shape index (κ3) is 3.82. The summed E-state index contributed by atoms with van der Waals surface area (Å²) in [5, 5.41) is 3.10. The number of amides is 2. The third-order valence-electron chi connectivity index (χ3n) is 7.14. The van der Waals surface area contributed by atoms with Crippen molar-refractivity contribution in [2.24, 2.45) is 5.41 Å². The second-order valence-electron chi connectivity index (χ2n) is 9.48. The fraction of sp³-hybridized carbons (Fsp3) is 0.652. The zero-order chi connectivity index (χ0) is 19.1. The second kappa shape index (κ2) is 7.18. The minimum absolute atomic E-state index is 0.000246. The van der Waals surface area contributed by atoms with E-state index < -0.39 is 0 Å². The Morgan fingerprint density at radius 1 is 1.07 bits per heavy atom. The van der Waals surface area contributed by atoms with E-state index in [4.69, 9.17) is 0 Å². The molecule has 2 aliphatic carbocycles. The topological polar surface area (TPSA) is 52.7 Å². The van der Waals surface area contributed by atoms with Crippen LogP contribution < -0.4 is 5.32 Å². The van der Waals surface area contributed by atoms with Crippen LogP contribution in [-0.4, -0.2) is 59.9 Å². The van der Waals surface area contributed by atoms with Crippen LogP contribution in [-0.2, 0) is 9.59 Å². The number of benzene rings is 1. The first kappa shape index (κ1) is 18.2. The lowest BCUT2D eigenvalue weighted by atomic mass is 9.67. The summed E-state index contributed by atoms with van der Waals surface area (Å²) in [4.78, 5) is 29.9. The molecule has 2 aliphatic heterocycles. The molecule has 1 atom stereocenters. The highest BCUT2D eigenvalue weighted by atomic mass is 16.2. The van der Waals surface area contributed by atoms with E-state index in [0.717, 1.165) is 64.6 Å². The Kier molecular flexibility index (Phi) is 4.66. The number of carbonyl (C=O) groups is 2. The predicted molar refractivity (Wildman–Crippen MR) is 108 cm³/mol. The van der Waals surface area contributed by atoms with E-state index in [2.05, 4.69) is 27.2 Å². The first-order chi connectivity index (χ1) is 13.6. The summed E-state index contributed by atoms with van der Waals surface area (Å²) in [6.07, 6.45) is 7.74. The van der Waals surface area contributed by atoms with E-state index in [1.165, 1.54) is 5.56 Å². The molecule has 28 heavy (non-hydrogen) atoms. The van der Waals surface area contributed by atoms with Crippen LogP contribution in [0, 0.1) is 5.41 Å². The number of hydrogen-bond donors (Lipinski definition) is 1. The molecule has 1 aromatic carbocycles. The van der Waals surface area contributed by atoms with Crippen molar-refractivity contribution < 1.29 is 9.59 Å². The molecule has 1 aromatic rings. The number of hydrogen-bond acceptors (Lipinski definition) is 3. The molecule has 5 nitrogen and oxygen atoms in total. The molecular weight excluding hydrogens is 350 g/mol. The van der Waals surface area contributed by atoms with Crippen LogP contribution in [0.4, 0.5) is 0 Å². The lowest BCUT2D eigenvalue weighted by Gasteiger charge is -2.50. The highest BCUT2D eigenvalue weighted by molar-refractivity contribution is 5.85. The van der Waals surface area contributed by atoms with Crippen LogP contribution >= 0.6 is 0 Å². The van der Waals surface area contributed by atoms with Crippen molar-refractivity contribution in [3.63, 3.8) is 0 Å². The van der Waals surface area contributed by atoms with Crippen LogP contribution in [0.2, 0.25) is 0 Å². The summed E-state index contributed by atoms with van der Waals surface area (Å²) < 4.78 is 0. The average molecular weight is 382 g/mol. The van der Waals surface area contributed by atoms with E-state index in [-0.39, 0.29) is 17.2 Å². The molecular formula is C23H31N3O2. The van der Waals surface area contributed by atoms with Crippen molar-refractivity contribution in [2.45, 2.75) is 62.9 Å². The Morgan fingerprint density at radius 3 is 2.43 bits per heavy atom. The molecule has 2 saturated carbocycles. The fourth-order valence-corrected chi connectivity index (χ4v) is 5.12. The summed E-state index contributed by atoms with van der Waals surface area (Å²) in [6, 6.07) is 11.3. The molecule has 0 unspecified atom stereocenters. The van der Waals surface area contributed by atoms with E-state index >= 15 is 0 Å². The Morgan fingerprint density at radius 2 is 1.79 bits per heavy atom. The van der Waals surface area contributed by atoms with Gasteiger partial charge in [0.05, 0.1) is 12.5 Å². The Hall–Kier alpha value is -1.88. The zero-order valence-electron chi connectivity index (χ0n) is 16.6. The van der Waals surface area contributed by atoms with Gasteiger partial charge < -0.3 is 10.2 Å². The standard InChI is InChI=1S/C23H31N3O2/c27-21(24-18-6-7-18)15-25-12-10-23(11-13-25)14-20(17-4-2-1-3-5-17)22(28)26(16-23)19-8-9-19/h1-5,18-20H,6-16H2,(H,24,27)/t20-/m0/s1. The second-order valence-corrected chi connectivity index (χ2v) is 9.48. The summed E-state index contributed by atoms with van der Waals surface area (Å²) in [5.41, 5.74) is 1.38. The van der Waals surface area contributed by atoms with Gasteiger partial charge in [0.25, 0.3) is 0 Å². The van der Waals surface area contributed by atoms with Gasteiger partial charge in [-0.3, -0.25) is 14.5 Å². The van der Waals surface area contributed by atoms with E-state index in [9.17, 15) is 9.59 Å². The molecule has 150 valence electrons. The Bertz CT molecular complexity index is 733. The minimum atomic E-state index is 0.000246. The van der Waals surface area contributed by atoms with Crippen LogP contribution in [0.5, 0.6) is 0 Å². The van der Waals surface area contributed by atoms with Gasteiger partial charge in [0, 0.05) is 18.6 Å². The van der Waals surface area contributed by atoms with Gasteiger partial charge in [-0.2, -0.15) is 0 Å². The molecule has 5 heteroatoms. The molecule has 0 radical (unpaired) electrons. The van der Waals surface area contributed by atoms with E-state index in [1.54, 1.807) is 0 Å². The third-order valence-corrected chi connectivity index (χ3v) is 7.14. The van der Waals surface area contributed by atoms with Gasteiger partial charge in [0.1, 0.15) is 0 Å². The number of carbonyl (C=O) groups excluding carboxylic acids is 2. The summed E-state index contributed by atoms with van der Waals surface area (Å²) in [7, 11) is 0. The van der Waals surface area contributed by atoms with E-state index in [1.807, 2.05) is 18.2 Å². The molecule has 4 aliphatic rings. The van der Waals surface area contributed by atoms with Crippen molar-refractivity contribution >= 4 is 11.8 Å². The quantitative estimate of drug-likeness (QED) is 0.853. The fourth-order valence-electron chi connectivity index (χ4n) is 5.12. The largest absolute Gasteiger partial charge is 0.352 e. The minimum Gasteiger partial charge on any atom is -0.352 e. The maximum Gasteiger partial charge on any atom is 0.234 e. The normalized spacial score (nSPS) is 27.8. The van der Waals surface area contributed by atoms with Gasteiger partial charge in [-0.15, -0.1) is 0 Å². The zero-order valence-corrected chi connectivity index (χ0v) is 16.6. The predicted octanol–water partition coefficient (Wildman–Crippen LogP) is 2.53.